The van der Waals surface area contributed by atoms with Gasteiger partial charge < -0.3 is 14.8 Å². The van der Waals surface area contributed by atoms with Gasteiger partial charge in [-0.25, -0.2) is 4.79 Å². The standard InChI is InChI=1S/C22H28N2O4S/c1-5-28-22(26)20-14(2)15(3)29-21(20)23-19(25)13-24(17-8-9-17)12-16-6-10-18(27-4)11-7-16/h6-7,10-11,17H,5,8-9,12-13H2,1-4H3,(H,23,25). The summed E-state index contributed by atoms with van der Waals surface area (Å²) in [7, 11) is 1.65. The van der Waals surface area contributed by atoms with Crippen LogP contribution in [0.5, 0.6) is 5.75 Å². The van der Waals surface area contributed by atoms with E-state index in [0.29, 0.717) is 29.8 Å². The van der Waals surface area contributed by atoms with Crippen LogP contribution in [0.4, 0.5) is 5.00 Å². The molecule has 0 aliphatic heterocycles. The Bertz CT molecular complexity index is 872. The highest BCUT2D eigenvalue weighted by Gasteiger charge is 2.31. The number of anilines is 1. The molecule has 1 amide bonds. The van der Waals surface area contributed by atoms with Crippen LogP contribution >= 0.6 is 11.3 Å². The quantitative estimate of drug-likeness (QED) is 0.622. The van der Waals surface area contributed by atoms with Crippen molar-refractivity contribution in [3.63, 3.8) is 0 Å². The van der Waals surface area contributed by atoms with E-state index in [0.717, 1.165) is 34.6 Å². The van der Waals surface area contributed by atoms with Crippen LogP contribution in [-0.2, 0) is 16.1 Å². The second kappa shape index (κ2) is 9.41. The molecule has 1 aromatic carbocycles. The topological polar surface area (TPSA) is 67.9 Å². The number of methoxy groups -OCH3 is 1. The maximum atomic E-state index is 12.8. The molecule has 1 N–H and O–H groups in total. The zero-order chi connectivity index (χ0) is 21.0. The van der Waals surface area contributed by atoms with Gasteiger partial charge in [-0.2, -0.15) is 0 Å². The smallest absolute Gasteiger partial charge is 0.341 e. The lowest BCUT2D eigenvalue weighted by atomic mass is 10.1. The summed E-state index contributed by atoms with van der Waals surface area (Å²) >= 11 is 1.42. The third-order valence-electron chi connectivity index (χ3n) is 5.07. The highest BCUT2D eigenvalue weighted by Crippen LogP contribution is 2.33. The van der Waals surface area contributed by atoms with Crippen molar-refractivity contribution in [1.29, 1.82) is 0 Å². The summed E-state index contributed by atoms with van der Waals surface area (Å²) in [6, 6.07) is 8.35. The van der Waals surface area contributed by atoms with E-state index < -0.39 is 0 Å². The molecule has 1 fully saturated rings. The maximum Gasteiger partial charge on any atom is 0.341 e. The molecule has 0 bridgehead atoms. The summed E-state index contributed by atoms with van der Waals surface area (Å²) in [4.78, 5) is 28.3. The Labute approximate surface area is 175 Å². The van der Waals surface area contributed by atoms with Crippen LogP contribution in [0.25, 0.3) is 0 Å². The number of carbonyl (C=O) groups excluding carboxylic acids is 2. The number of carbonyl (C=O) groups is 2. The number of esters is 1. The minimum atomic E-state index is -0.387. The van der Waals surface area contributed by atoms with Crippen molar-refractivity contribution in [3.8, 4) is 5.75 Å². The molecular weight excluding hydrogens is 388 g/mol. The minimum Gasteiger partial charge on any atom is -0.497 e. The van der Waals surface area contributed by atoms with Gasteiger partial charge in [0, 0.05) is 17.5 Å². The van der Waals surface area contributed by atoms with Crippen LogP contribution in [0.1, 0.15) is 46.1 Å². The number of nitrogens with zero attached hydrogens (tertiary/aromatic N) is 1. The van der Waals surface area contributed by atoms with Crippen LogP contribution in [-0.4, -0.2) is 43.1 Å². The average Bonchev–Trinajstić information content (AvgIpc) is 3.49. The number of amides is 1. The molecule has 1 aliphatic rings. The normalized spacial score (nSPS) is 13.4. The fourth-order valence-corrected chi connectivity index (χ4v) is 4.30. The molecule has 1 aliphatic carbocycles. The minimum absolute atomic E-state index is 0.114. The number of ether oxygens (including phenoxy) is 2. The largest absolute Gasteiger partial charge is 0.497 e. The molecule has 0 saturated heterocycles. The van der Waals surface area contributed by atoms with Crippen molar-refractivity contribution >= 4 is 28.2 Å². The fraction of sp³-hybridized carbons (Fsp3) is 0.455. The predicted molar refractivity (Wildman–Crippen MR) is 115 cm³/mol. The predicted octanol–water partition coefficient (Wildman–Crippen LogP) is 4.15. The van der Waals surface area contributed by atoms with Crippen molar-refractivity contribution in [2.24, 2.45) is 0 Å². The summed E-state index contributed by atoms with van der Waals surface area (Å²) in [5, 5.41) is 3.52. The van der Waals surface area contributed by atoms with E-state index >= 15 is 0 Å². The Morgan fingerprint density at radius 2 is 1.90 bits per heavy atom. The van der Waals surface area contributed by atoms with Crippen molar-refractivity contribution in [2.75, 3.05) is 25.6 Å². The van der Waals surface area contributed by atoms with Gasteiger partial charge in [0.05, 0.1) is 25.8 Å². The zero-order valence-corrected chi connectivity index (χ0v) is 18.2. The van der Waals surface area contributed by atoms with Gasteiger partial charge in [0.15, 0.2) is 0 Å². The number of hydrogen-bond donors (Lipinski definition) is 1. The highest BCUT2D eigenvalue weighted by molar-refractivity contribution is 7.16. The van der Waals surface area contributed by atoms with Crippen LogP contribution in [0, 0.1) is 13.8 Å². The number of rotatable bonds is 9. The van der Waals surface area contributed by atoms with E-state index in [1.807, 2.05) is 38.1 Å². The number of benzene rings is 1. The van der Waals surface area contributed by atoms with E-state index in [4.69, 9.17) is 9.47 Å². The summed E-state index contributed by atoms with van der Waals surface area (Å²) in [5.74, 6) is 0.318. The first-order valence-corrected chi connectivity index (χ1v) is 10.7. The summed E-state index contributed by atoms with van der Waals surface area (Å²) in [6.07, 6.45) is 2.21. The molecule has 0 unspecified atom stereocenters. The molecule has 6 nitrogen and oxygen atoms in total. The van der Waals surface area contributed by atoms with Crippen LogP contribution in [0.15, 0.2) is 24.3 Å². The van der Waals surface area contributed by atoms with Crippen molar-refractivity contribution in [3.05, 3.63) is 45.8 Å². The molecule has 0 atom stereocenters. The Hall–Kier alpha value is -2.38. The summed E-state index contributed by atoms with van der Waals surface area (Å²) in [6.45, 7) is 6.89. The third kappa shape index (κ3) is 5.36. The molecule has 7 heteroatoms. The molecule has 156 valence electrons. The molecular formula is C22H28N2O4S. The number of hydrogen-bond acceptors (Lipinski definition) is 6. The molecule has 3 rings (SSSR count). The molecule has 1 aromatic heterocycles. The molecule has 29 heavy (non-hydrogen) atoms. The van der Waals surface area contributed by atoms with Gasteiger partial charge >= 0.3 is 5.97 Å². The third-order valence-corrected chi connectivity index (χ3v) is 6.20. The maximum absolute atomic E-state index is 12.8. The van der Waals surface area contributed by atoms with Gasteiger partial charge in [0.2, 0.25) is 5.91 Å². The first-order chi connectivity index (χ1) is 13.9. The Morgan fingerprint density at radius 3 is 2.48 bits per heavy atom. The second-order valence-electron chi connectivity index (χ2n) is 7.24. The number of nitrogens with one attached hydrogen (secondary N) is 1. The van der Waals surface area contributed by atoms with Gasteiger partial charge in [0.25, 0.3) is 0 Å². The van der Waals surface area contributed by atoms with Gasteiger partial charge in [-0.3, -0.25) is 9.69 Å². The van der Waals surface area contributed by atoms with Gasteiger partial charge in [-0.1, -0.05) is 12.1 Å². The molecule has 0 radical (unpaired) electrons. The average molecular weight is 417 g/mol. The van der Waals surface area contributed by atoms with Crippen LogP contribution < -0.4 is 10.1 Å². The fourth-order valence-electron chi connectivity index (χ4n) is 3.23. The first kappa shape index (κ1) is 21.3. The van der Waals surface area contributed by atoms with Gasteiger partial charge in [-0.05, 0) is 56.9 Å². The van der Waals surface area contributed by atoms with Gasteiger partial charge in [0.1, 0.15) is 10.8 Å². The number of thiophene rings is 1. The Balaban J connectivity index is 1.68. The van der Waals surface area contributed by atoms with Gasteiger partial charge in [-0.15, -0.1) is 11.3 Å². The SMILES string of the molecule is CCOC(=O)c1c(NC(=O)CN(Cc2ccc(OC)cc2)C2CC2)sc(C)c1C. The molecule has 1 saturated carbocycles. The lowest BCUT2D eigenvalue weighted by Gasteiger charge is -2.21. The van der Waals surface area contributed by atoms with Crippen molar-refractivity contribution in [1.82, 2.24) is 4.90 Å². The summed E-state index contributed by atoms with van der Waals surface area (Å²) in [5.41, 5.74) is 2.47. The molecule has 2 aromatic rings. The first-order valence-electron chi connectivity index (χ1n) is 9.86. The van der Waals surface area contributed by atoms with Crippen molar-refractivity contribution < 1.29 is 19.1 Å². The van der Waals surface area contributed by atoms with Crippen molar-refractivity contribution in [2.45, 2.75) is 46.2 Å². The zero-order valence-electron chi connectivity index (χ0n) is 17.4. The Morgan fingerprint density at radius 1 is 1.21 bits per heavy atom. The van der Waals surface area contributed by atoms with E-state index in [1.165, 1.54) is 11.3 Å². The summed E-state index contributed by atoms with van der Waals surface area (Å²) < 4.78 is 10.4. The molecule has 1 heterocycles. The van der Waals surface area contributed by atoms with Crippen LogP contribution in [0.3, 0.4) is 0 Å². The Kier molecular flexibility index (Phi) is 6.92. The highest BCUT2D eigenvalue weighted by atomic mass is 32.1. The van der Waals surface area contributed by atoms with E-state index in [1.54, 1.807) is 14.0 Å². The second-order valence-corrected chi connectivity index (χ2v) is 8.46. The lowest BCUT2D eigenvalue weighted by Crippen LogP contribution is -2.34. The van der Waals surface area contributed by atoms with E-state index in [-0.39, 0.29) is 18.4 Å². The van der Waals surface area contributed by atoms with E-state index in [9.17, 15) is 9.59 Å². The van der Waals surface area contributed by atoms with E-state index in [2.05, 4.69) is 10.2 Å². The number of aryl methyl sites for hydroxylation is 1. The molecule has 0 spiro atoms. The lowest BCUT2D eigenvalue weighted by molar-refractivity contribution is -0.117. The monoisotopic (exact) mass is 416 g/mol. The van der Waals surface area contributed by atoms with Crippen LogP contribution in [0.2, 0.25) is 0 Å².